The van der Waals surface area contributed by atoms with Crippen molar-refractivity contribution in [2.24, 2.45) is 0 Å². The second kappa shape index (κ2) is 40.4. The van der Waals surface area contributed by atoms with E-state index in [-0.39, 0.29) is 54.0 Å². The molecule has 5 heterocycles. The minimum Gasteiger partial charge on any atom is -0.465 e. The maximum atomic E-state index is 12.6. The Morgan fingerprint density at radius 2 is 0.809 bits per heavy atom. The van der Waals surface area contributed by atoms with Crippen molar-refractivity contribution in [1.29, 1.82) is 0 Å². The number of rotatable bonds is 15. The van der Waals surface area contributed by atoms with Crippen molar-refractivity contribution in [1.82, 2.24) is 40.4 Å². The normalized spacial score (nSPS) is 11.1. The molecule has 18 nitrogen and oxygen atoms in total. The fourth-order valence-corrected chi connectivity index (χ4v) is 15.3. The van der Waals surface area contributed by atoms with Crippen LogP contribution in [0.4, 0.5) is 11.4 Å². The number of likely N-dealkylation sites (N-methyl/N-ethyl adjacent to an activating group) is 2. The van der Waals surface area contributed by atoms with Gasteiger partial charge in [-0.1, -0.05) is 82.3 Å². The number of ether oxygens (including phenoxy) is 3. The summed E-state index contributed by atoms with van der Waals surface area (Å²) >= 11 is 11.3. The molecule has 1 aliphatic rings. The molecule has 0 saturated carbocycles. The first-order valence-electron chi connectivity index (χ1n) is 34.9. The van der Waals surface area contributed by atoms with Crippen molar-refractivity contribution in [2.75, 3.05) is 79.0 Å². The molecular formula is C85H78Cl2I5N9O9. The number of nitrogens with zero attached hydrogens (tertiary/aromatic N) is 5. The van der Waals surface area contributed by atoms with Gasteiger partial charge in [0.1, 0.15) is 0 Å². The monoisotopic (exact) mass is 2070 g/mol. The predicted octanol–water partition coefficient (Wildman–Crippen LogP) is 19.5. The Balaban J connectivity index is 0.000000158. The quantitative estimate of drug-likeness (QED) is 0.0324. The molecule has 0 unspecified atom stereocenters. The number of hydrogen-bond donors (Lipinski definition) is 4. The van der Waals surface area contributed by atoms with E-state index in [1.54, 1.807) is 30.3 Å². The van der Waals surface area contributed by atoms with Crippen LogP contribution in [0.1, 0.15) is 90.6 Å². The van der Waals surface area contributed by atoms with Gasteiger partial charge in [-0.2, -0.15) is 0 Å². The number of pyridine rings is 4. The molecule has 0 spiro atoms. The van der Waals surface area contributed by atoms with Crippen LogP contribution in [0.5, 0.6) is 0 Å². The van der Waals surface area contributed by atoms with Crippen molar-refractivity contribution in [2.45, 2.75) is 34.1 Å². The number of amides is 2. The summed E-state index contributed by atoms with van der Waals surface area (Å²) in [7, 11) is 4.11. The molecule has 0 aliphatic carbocycles. The molecule has 15 rings (SSSR count). The zero-order valence-corrected chi connectivity index (χ0v) is 73.5. The molecule has 566 valence electrons. The predicted molar refractivity (Wildman–Crippen MR) is 491 cm³/mol. The van der Waals surface area contributed by atoms with Crippen LogP contribution < -0.4 is 21.4 Å². The fraction of sp³-hybridized carbons (Fsp3) is 0.188. The van der Waals surface area contributed by atoms with Gasteiger partial charge in [0.25, 0.3) is 11.8 Å². The molecular weight excluding hydrogens is 2000 g/mol. The first kappa shape index (κ1) is 86.0. The Morgan fingerprint density at radius 1 is 0.418 bits per heavy atom. The number of esters is 3. The summed E-state index contributed by atoms with van der Waals surface area (Å²) in [5, 5.41) is 16.7. The number of para-hydroxylation sites is 5. The number of carbonyl (C=O) groups is 5. The van der Waals surface area contributed by atoms with Gasteiger partial charge in [0.15, 0.2) is 5.43 Å². The van der Waals surface area contributed by atoms with Gasteiger partial charge in [-0.25, -0.2) is 29.3 Å². The number of anilines is 2. The number of carbonyl (C=O) groups excluding carboxylic acids is 5. The highest BCUT2D eigenvalue weighted by Gasteiger charge is 2.23. The van der Waals surface area contributed by atoms with Crippen molar-refractivity contribution in [3.63, 3.8) is 0 Å². The van der Waals surface area contributed by atoms with Crippen LogP contribution in [0.2, 0.25) is 0 Å². The van der Waals surface area contributed by atoms with Crippen molar-refractivity contribution < 1.29 is 38.2 Å². The number of nitrogens with one attached hydrogen (secondary N) is 4. The number of aromatic nitrogens is 4. The zero-order chi connectivity index (χ0) is 76.7. The van der Waals surface area contributed by atoms with Gasteiger partial charge >= 0.3 is 17.9 Å². The van der Waals surface area contributed by atoms with E-state index in [0.29, 0.717) is 68.2 Å². The lowest BCUT2D eigenvalue weighted by atomic mass is 9.95. The van der Waals surface area contributed by atoms with Crippen LogP contribution in [0.15, 0.2) is 205 Å². The topological polar surface area (TPSA) is 227 Å². The van der Waals surface area contributed by atoms with Crippen LogP contribution in [0, 0.1) is 17.9 Å². The molecule has 14 aromatic rings. The largest absolute Gasteiger partial charge is 0.465 e. The summed E-state index contributed by atoms with van der Waals surface area (Å²) in [4.78, 5) is 94.9. The van der Waals surface area contributed by atoms with Crippen molar-refractivity contribution in [3.8, 4) is 0 Å². The molecule has 4 N–H and O–H groups in total. The van der Waals surface area contributed by atoms with Crippen molar-refractivity contribution in [3.05, 3.63) is 267 Å². The van der Waals surface area contributed by atoms with E-state index in [9.17, 15) is 28.8 Å². The van der Waals surface area contributed by atoms with Gasteiger partial charge in [-0.3, -0.25) is 14.4 Å². The van der Waals surface area contributed by atoms with E-state index in [4.69, 9.17) is 24.2 Å². The summed E-state index contributed by atoms with van der Waals surface area (Å²) in [6, 6.07) is 64.3. The first-order chi connectivity index (χ1) is 52.2. The number of methoxy groups -OCH3 is 3. The molecule has 25 heteroatoms. The number of fused-ring (bicyclic) bond motifs is 10. The number of aromatic amines is 1. The van der Waals surface area contributed by atoms with Gasteiger partial charge in [0, 0.05) is 105 Å². The highest BCUT2D eigenvalue weighted by Crippen LogP contribution is 2.37. The average Bonchev–Trinajstić information content (AvgIpc) is 0.772. The summed E-state index contributed by atoms with van der Waals surface area (Å²) in [6.07, 6.45) is 0.833. The summed E-state index contributed by atoms with van der Waals surface area (Å²) < 4.78 is 20.1. The van der Waals surface area contributed by atoms with Gasteiger partial charge in [-0.15, -0.1) is 24.8 Å². The second-order valence-corrected chi connectivity index (χ2v) is 31.2. The minimum atomic E-state index is -0.462. The standard InChI is InChI=1S/2C20H22IN3O.C15H10INO3.C15H12INO2.C15H10INO2.2ClH/c2*1-3-24(4-2)11-10-22-20(25)17-7-5-6-14-12-15-13-16(21)8-9-18(15)23-19(14)17;1-20-15(19)10-4-2-3-9-13(10)17-12-6-5-8(16)7-11(12)14(9)18;2*1-19-15(18)12-4-2-3-9-7-10-8-11(16)5-6-13(10)17-14(9)12;;/h2*5-9,12-13H,3-4,10-11H2,1-2H3,(H,22,25);2-7H,1H3,(H,17,18);2-6,8,17H,7H2,1H3;2-8H,1H3;2*1H. The third kappa shape index (κ3) is 20.8. The molecule has 0 atom stereocenters. The SMILES string of the molecule is CCN(CC)CCNC(=O)c1cccc2cc3cc(I)ccc3nc12.CCN(CC)CCNC(=O)c1cccc2cc3cc(I)ccc3nc12.COC(=O)c1cccc2c(=O)c3cc(I)ccc3[nH]c12.COC(=O)c1cccc2c1Nc1ccc(I)cc1C2.COC(=O)c1cccc2cc3cc(I)ccc3nc12.Cl.Cl. The smallest absolute Gasteiger partial charge is 0.340 e. The lowest BCUT2D eigenvalue weighted by Gasteiger charge is -2.23. The Kier molecular flexibility index (Phi) is 31.6. The second-order valence-electron chi connectivity index (χ2n) is 25.0. The Labute approximate surface area is 717 Å². The van der Waals surface area contributed by atoms with E-state index in [0.717, 1.165) is 130 Å². The first-order valence-corrected chi connectivity index (χ1v) is 40.3. The minimum absolute atomic E-state index is 0. The van der Waals surface area contributed by atoms with E-state index in [1.165, 1.54) is 37.6 Å². The van der Waals surface area contributed by atoms with E-state index >= 15 is 0 Å². The van der Waals surface area contributed by atoms with Gasteiger partial charge in [0.2, 0.25) is 0 Å². The molecule has 10 aromatic carbocycles. The van der Waals surface area contributed by atoms with E-state index < -0.39 is 5.97 Å². The van der Waals surface area contributed by atoms with Crippen LogP contribution in [0.25, 0.3) is 87.2 Å². The van der Waals surface area contributed by atoms with Crippen molar-refractivity contribution >= 4 is 266 Å². The Morgan fingerprint density at radius 3 is 1.29 bits per heavy atom. The van der Waals surface area contributed by atoms with Crippen LogP contribution in [-0.2, 0) is 20.6 Å². The van der Waals surface area contributed by atoms with Gasteiger partial charge in [0.05, 0.1) is 93.5 Å². The van der Waals surface area contributed by atoms with Gasteiger partial charge < -0.3 is 44.9 Å². The number of H-pyrrole nitrogens is 1. The molecule has 0 saturated heterocycles. The van der Waals surface area contributed by atoms with Gasteiger partial charge in [-0.05, 0) is 296 Å². The number of benzene rings is 10. The highest BCUT2D eigenvalue weighted by molar-refractivity contribution is 14.1. The Bertz CT molecular complexity index is 5680. The maximum Gasteiger partial charge on any atom is 0.340 e. The molecule has 0 fully saturated rings. The molecule has 4 aromatic heterocycles. The number of halogens is 7. The van der Waals surface area contributed by atoms with E-state index in [1.807, 2.05) is 127 Å². The average molecular weight is 2080 g/mol. The van der Waals surface area contributed by atoms with E-state index in [2.05, 4.69) is 219 Å². The maximum absolute atomic E-state index is 12.6. The highest BCUT2D eigenvalue weighted by atomic mass is 127. The molecule has 2 amide bonds. The zero-order valence-electron chi connectivity index (χ0n) is 61.0. The lowest BCUT2D eigenvalue weighted by molar-refractivity contribution is 0.0593. The summed E-state index contributed by atoms with van der Waals surface area (Å²) in [5.74, 6) is -1.25. The van der Waals surface area contributed by atoms with Crippen LogP contribution in [-0.4, -0.2) is 133 Å². The molecule has 0 radical (unpaired) electrons. The summed E-state index contributed by atoms with van der Waals surface area (Å²) in [6.45, 7) is 15.5. The summed E-state index contributed by atoms with van der Waals surface area (Å²) in [5.41, 5.74) is 13.1. The lowest BCUT2D eigenvalue weighted by Crippen LogP contribution is -2.34. The third-order valence-corrected chi connectivity index (χ3v) is 21.7. The molecule has 1 aliphatic heterocycles. The third-order valence-electron chi connectivity index (χ3n) is 18.4. The molecule has 110 heavy (non-hydrogen) atoms. The Hall–Kier alpha value is -8.02. The van der Waals surface area contributed by atoms with Crippen LogP contribution >= 0.6 is 138 Å². The number of hydrogen-bond acceptors (Lipinski definition) is 15. The fourth-order valence-electron chi connectivity index (χ4n) is 12.7. The molecule has 0 bridgehead atoms. The van der Waals surface area contributed by atoms with Crippen LogP contribution in [0.3, 0.4) is 0 Å².